The molecule has 1 fully saturated rings. The highest BCUT2D eigenvalue weighted by atomic mass is 16.5. The van der Waals surface area contributed by atoms with Crippen molar-refractivity contribution >= 4 is 6.09 Å². The van der Waals surface area contributed by atoms with Gasteiger partial charge in [0.1, 0.15) is 0 Å². The monoisotopic (exact) mass is 144 g/mol. The molecule has 1 rings (SSSR count). The van der Waals surface area contributed by atoms with Gasteiger partial charge in [0.2, 0.25) is 0 Å². The van der Waals surface area contributed by atoms with Gasteiger partial charge in [0.25, 0.3) is 0 Å². The van der Waals surface area contributed by atoms with Gasteiger partial charge < -0.3 is 15.8 Å². The lowest BCUT2D eigenvalue weighted by atomic mass is 9.88. The summed E-state index contributed by atoms with van der Waals surface area (Å²) in [4.78, 5) is 10.5. The van der Waals surface area contributed by atoms with Crippen molar-refractivity contribution in [3.8, 4) is 0 Å². The highest BCUT2D eigenvalue weighted by molar-refractivity contribution is 5.67. The Hall–Kier alpha value is -0.770. The van der Waals surface area contributed by atoms with Crippen molar-refractivity contribution in [2.24, 2.45) is 5.73 Å². The molecule has 0 aromatic heterocycles. The van der Waals surface area contributed by atoms with Gasteiger partial charge in [0.15, 0.2) is 0 Å². The lowest BCUT2D eigenvalue weighted by Crippen LogP contribution is -2.50. The Balaban J connectivity index is 2.10. The third-order valence-corrected chi connectivity index (χ3v) is 1.68. The van der Waals surface area contributed by atoms with Gasteiger partial charge >= 0.3 is 6.09 Å². The average Bonchev–Trinajstić information content (AvgIpc) is 1.84. The van der Waals surface area contributed by atoms with E-state index in [-0.39, 0.29) is 18.2 Å². The number of alkyl carbamates (subject to hydrolysis) is 1. The molecule has 0 aromatic carbocycles. The van der Waals surface area contributed by atoms with Crippen molar-refractivity contribution in [3.63, 3.8) is 0 Å². The summed E-state index contributed by atoms with van der Waals surface area (Å²) >= 11 is 0. The quantitative estimate of drug-likeness (QED) is 0.537. The summed E-state index contributed by atoms with van der Waals surface area (Å²) in [5.41, 5.74) is 5.49. The average molecular weight is 144 g/mol. The molecule has 0 atom stereocenters. The van der Waals surface area contributed by atoms with Crippen LogP contribution in [0.25, 0.3) is 0 Å². The zero-order chi connectivity index (χ0) is 7.56. The normalized spacial score (nSPS) is 30.6. The summed E-state index contributed by atoms with van der Waals surface area (Å²) < 4.78 is 4.40. The Morgan fingerprint density at radius 2 is 2.30 bits per heavy atom. The minimum Gasteiger partial charge on any atom is -0.453 e. The first kappa shape index (κ1) is 7.34. The number of hydrogen-bond donors (Lipinski definition) is 2. The molecule has 1 amide bonds. The minimum atomic E-state index is -0.364. The zero-order valence-corrected chi connectivity index (χ0v) is 5.96. The van der Waals surface area contributed by atoms with Gasteiger partial charge in [0.05, 0.1) is 7.11 Å². The van der Waals surface area contributed by atoms with Crippen LogP contribution < -0.4 is 11.1 Å². The van der Waals surface area contributed by atoms with Crippen LogP contribution in [0.1, 0.15) is 12.8 Å². The predicted octanol–water partition coefficient (Wildman–Crippen LogP) is -0.168. The Bertz CT molecular complexity index is 132. The molecular weight excluding hydrogens is 132 g/mol. The molecule has 0 radical (unpaired) electrons. The molecule has 0 saturated heterocycles. The van der Waals surface area contributed by atoms with Gasteiger partial charge in [0, 0.05) is 12.1 Å². The highest BCUT2D eigenvalue weighted by Gasteiger charge is 2.27. The van der Waals surface area contributed by atoms with E-state index in [1.54, 1.807) is 0 Å². The van der Waals surface area contributed by atoms with Crippen molar-refractivity contribution < 1.29 is 9.53 Å². The first-order chi connectivity index (χ1) is 4.72. The molecule has 1 aliphatic rings. The molecule has 1 saturated carbocycles. The van der Waals surface area contributed by atoms with Crippen LogP contribution in [0.2, 0.25) is 0 Å². The third kappa shape index (κ3) is 1.60. The van der Waals surface area contributed by atoms with Gasteiger partial charge in [-0.15, -0.1) is 0 Å². The van der Waals surface area contributed by atoms with Crippen LogP contribution in [0.3, 0.4) is 0 Å². The fourth-order valence-corrected chi connectivity index (χ4v) is 1.01. The van der Waals surface area contributed by atoms with Crippen LogP contribution >= 0.6 is 0 Å². The molecule has 0 unspecified atom stereocenters. The second kappa shape index (κ2) is 2.88. The molecule has 0 aliphatic heterocycles. The fourth-order valence-electron chi connectivity index (χ4n) is 1.01. The molecule has 0 aromatic rings. The maximum atomic E-state index is 10.5. The van der Waals surface area contributed by atoms with Crippen molar-refractivity contribution in [1.29, 1.82) is 0 Å². The van der Waals surface area contributed by atoms with E-state index in [4.69, 9.17) is 5.73 Å². The summed E-state index contributed by atoms with van der Waals surface area (Å²) in [7, 11) is 1.36. The van der Waals surface area contributed by atoms with E-state index in [2.05, 4.69) is 10.1 Å². The fraction of sp³-hybridized carbons (Fsp3) is 0.833. The summed E-state index contributed by atoms with van der Waals surface area (Å²) in [5, 5.41) is 2.66. The lowest BCUT2D eigenvalue weighted by Gasteiger charge is -2.32. The third-order valence-electron chi connectivity index (χ3n) is 1.68. The summed E-state index contributed by atoms with van der Waals surface area (Å²) in [6, 6.07) is 0.504. The van der Waals surface area contributed by atoms with E-state index < -0.39 is 0 Å². The Kier molecular flexibility index (Phi) is 2.11. The number of hydrogen-bond acceptors (Lipinski definition) is 3. The summed E-state index contributed by atoms with van der Waals surface area (Å²) in [6.45, 7) is 0. The molecule has 4 heteroatoms. The maximum absolute atomic E-state index is 10.5. The molecule has 10 heavy (non-hydrogen) atoms. The molecule has 1 aliphatic carbocycles. The number of carbonyl (C=O) groups excluding carboxylic acids is 1. The number of ether oxygens (including phenoxy) is 1. The molecule has 3 N–H and O–H groups in total. The van der Waals surface area contributed by atoms with Gasteiger partial charge in [-0.3, -0.25) is 0 Å². The van der Waals surface area contributed by atoms with E-state index in [1.807, 2.05) is 0 Å². The topological polar surface area (TPSA) is 64.3 Å². The predicted molar refractivity (Wildman–Crippen MR) is 36.5 cm³/mol. The van der Waals surface area contributed by atoms with Crippen LogP contribution in [0.15, 0.2) is 0 Å². The first-order valence-electron chi connectivity index (χ1n) is 3.32. The van der Waals surface area contributed by atoms with Crippen LogP contribution in [0, 0.1) is 0 Å². The number of carbonyl (C=O) groups is 1. The molecule has 0 bridgehead atoms. The van der Waals surface area contributed by atoms with Crippen molar-refractivity contribution in [3.05, 3.63) is 0 Å². The number of amides is 1. The second-order valence-corrected chi connectivity index (χ2v) is 2.56. The molecule has 0 spiro atoms. The molecule has 4 nitrogen and oxygen atoms in total. The van der Waals surface area contributed by atoms with Gasteiger partial charge in [-0.1, -0.05) is 0 Å². The minimum absolute atomic E-state index is 0.238. The number of rotatable bonds is 1. The first-order valence-corrected chi connectivity index (χ1v) is 3.32. The van der Waals surface area contributed by atoms with E-state index in [0.717, 1.165) is 12.8 Å². The molecule has 58 valence electrons. The van der Waals surface area contributed by atoms with E-state index in [0.29, 0.717) is 0 Å². The number of nitrogens with two attached hydrogens (primary N) is 1. The van der Waals surface area contributed by atoms with Crippen LogP contribution in [-0.4, -0.2) is 25.3 Å². The van der Waals surface area contributed by atoms with E-state index >= 15 is 0 Å². The molecular formula is C6H12N2O2. The maximum Gasteiger partial charge on any atom is 0.407 e. The Morgan fingerprint density at radius 3 is 2.70 bits per heavy atom. The molecule has 0 heterocycles. The van der Waals surface area contributed by atoms with E-state index in [1.165, 1.54) is 7.11 Å². The Labute approximate surface area is 59.7 Å². The highest BCUT2D eigenvalue weighted by Crippen LogP contribution is 2.16. The SMILES string of the molecule is COC(=O)NC1CC(N)C1. The van der Waals surface area contributed by atoms with Gasteiger partial charge in [-0.05, 0) is 12.8 Å². The lowest BCUT2D eigenvalue weighted by molar-refractivity contribution is 0.157. The van der Waals surface area contributed by atoms with Gasteiger partial charge in [-0.25, -0.2) is 4.79 Å². The van der Waals surface area contributed by atoms with E-state index in [9.17, 15) is 4.79 Å². The number of methoxy groups -OCH3 is 1. The smallest absolute Gasteiger partial charge is 0.407 e. The van der Waals surface area contributed by atoms with Crippen molar-refractivity contribution in [1.82, 2.24) is 5.32 Å². The number of nitrogens with one attached hydrogen (secondary N) is 1. The summed E-state index contributed by atoms with van der Waals surface area (Å²) in [6.07, 6.45) is 1.38. The standard InChI is InChI=1S/C6H12N2O2/c1-10-6(9)8-5-2-4(7)3-5/h4-5H,2-3,7H2,1H3,(H,8,9). The van der Waals surface area contributed by atoms with Crippen molar-refractivity contribution in [2.45, 2.75) is 24.9 Å². The van der Waals surface area contributed by atoms with Crippen molar-refractivity contribution in [2.75, 3.05) is 7.11 Å². The second-order valence-electron chi connectivity index (χ2n) is 2.56. The Morgan fingerprint density at radius 1 is 1.70 bits per heavy atom. The zero-order valence-electron chi connectivity index (χ0n) is 5.96. The van der Waals surface area contributed by atoms with Crippen LogP contribution in [0.4, 0.5) is 4.79 Å². The van der Waals surface area contributed by atoms with Crippen LogP contribution in [0.5, 0.6) is 0 Å². The van der Waals surface area contributed by atoms with Crippen LogP contribution in [-0.2, 0) is 4.74 Å². The largest absolute Gasteiger partial charge is 0.453 e. The summed E-state index contributed by atoms with van der Waals surface area (Å²) in [5.74, 6) is 0. The van der Waals surface area contributed by atoms with Gasteiger partial charge in [-0.2, -0.15) is 0 Å².